The lowest BCUT2D eigenvalue weighted by Gasteiger charge is -2.34. The zero-order valence-corrected chi connectivity index (χ0v) is 11.7. The van der Waals surface area contributed by atoms with Gasteiger partial charge < -0.3 is 14.2 Å². The van der Waals surface area contributed by atoms with E-state index in [9.17, 15) is 4.79 Å². The lowest BCUT2D eigenvalue weighted by atomic mass is 9.91. The number of hydrogen-bond acceptors (Lipinski definition) is 4. The molecule has 0 unspecified atom stereocenters. The van der Waals surface area contributed by atoms with E-state index >= 15 is 0 Å². The predicted octanol–water partition coefficient (Wildman–Crippen LogP) is 1.93. The van der Waals surface area contributed by atoms with Crippen molar-refractivity contribution in [2.75, 3.05) is 13.1 Å². The molecule has 0 spiro atoms. The van der Waals surface area contributed by atoms with Crippen molar-refractivity contribution < 1.29 is 14.1 Å². The van der Waals surface area contributed by atoms with Gasteiger partial charge in [-0.25, -0.2) is 0 Å². The van der Waals surface area contributed by atoms with Gasteiger partial charge in [0.1, 0.15) is 11.3 Å². The van der Waals surface area contributed by atoms with E-state index < -0.39 is 0 Å². The molecule has 104 valence electrons. The van der Waals surface area contributed by atoms with Crippen LogP contribution in [0.15, 0.2) is 4.52 Å². The van der Waals surface area contributed by atoms with Crippen molar-refractivity contribution in [2.45, 2.75) is 45.8 Å². The summed E-state index contributed by atoms with van der Waals surface area (Å²) in [5.74, 6) is 1.24. The van der Waals surface area contributed by atoms with Gasteiger partial charge in [0.25, 0.3) is 5.91 Å². The van der Waals surface area contributed by atoms with Gasteiger partial charge in [-0.05, 0) is 39.5 Å². The van der Waals surface area contributed by atoms with Crippen LogP contribution in [0.3, 0.4) is 0 Å². The van der Waals surface area contributed by atoms with Gasteiger partial charge >= 0.3 is 0 Å². The average Bonchev–Trinajstić information content (AvgIpc) is 2.89. The van der Waals surface area contributed by atoms with Crippen LogP contribution in [0.25, 0.3) is 0 Å². The van der Waals surface area contributed by atoms with Crippen LogP contribution in [-0.4, -0.2) is 41.3 Å². The normalized spacial score (nSPS) is 30.5. The largest absolute Gasteiger partial charge is 0.373 e. The van der Waals surface area contributed by atoms with E-state index in [0.717, 1.165) is 19.4 Å². The van der Waals surface area contributed by atoms with E-state index in [2.05, 4.69) is 12.1 Å². The van der Waals surface area contributed by atoms with Crippen LogP contribution in [0.1, 0.15) is 41.6 Å². The third kappa shape index (κ3) is 2.16. The van der Waals surface area contributed by atoms with Crippen LogP contribution in [0.2, 0.25) is 0 Å². The molecule has 3 rings (SSSR count). The van der Waals surface area contributed by atoms with E-state index in [0.29, 0.717) is 35.6 Å². The number of aromatic nitrogens is 1. The smallest absolute Gasteiger partial charge is 0.259 e. The molecule has 2 aliphatic heterocycles. The van der Waals surface area contributed by atoms with Crippen LogP contribution >= 0.6 is 0 Å². The fraction of sp³-hybridized carbons (Fsp3) is 0.714. The number of carbonyl (C=O) groups is 1. The van der Waals surface area contributed by atoms with Crippen LogP contribution in [0.5, 0.6) is 0 Å². The van der Waals surface area contributed by atoms with Crippen molar-refractivity contribution in [1.82, 2.24) is 10.1 Å². The predicted molar refractivity (Wildman–Crippen MR) is 68.9 cm³/mol. The first kappa shape index (κ1) is 12.7. The molecule has 0 aromatic carbocycles. The SMILES string of the molecule is Cc1noc(C)c1C(=O)N1CC[C@H]2C[C@H](C)O[C@@H]2C1. The number of aryl methyl sites for hydroxylation is 2. The number of ether oxygens (including phenoxy) is 1. The van der Waals surface area contributed by atoms with Gasteiger partial charge in [0.15, 0.2) is 0 Å². The van der Waals surface area contributed by atoms with Crippen molar-refractivity contribution in [1.29, 1.82) is 0 Å². The summed E-state index contributed by atoms with van der Waals surface area (Å²) < 4.78 is 11.0. The minimum absolute atomic E-state index is 0.0258. The summed E-state index contributed by atoms with van der Waals surface area (Å²) in [5, 5.41) is 3.86. The Morgan fingerprint density at radius 2 is 2.21 bits per heavy atom. The first-order valence-corrected chi connectivity index (χ1v) is 6.94. The summed E-state index contributed by atoms with van der Waals surface area (Å²) in [6, 6.07) is 0. The van der Waals surface area contributed by atoms with Gasteiger partial charge in [0.2, 0.25) is 0 Å². The van der Waals surface area contributed by atoms with Crippen molar-refractivity contribution in [3.05, 3.63) is 17.0 Å². The summed E-state index contributed by atoms with van der Waals surface area (Å²) in [4.78, 5) is 14.4. The second kappa shape index (κ2) is 4.63. The molecule has 1 aromatic rings. The summed E-state index contributed by atoms with van der Waals surface area (Å²) in [6.07, 6.45) is 2.68. The molecule has 19 heavy (non-hydrogen) atoms. The Morgan fingerprint density at radius 3 is 2.89 bits per heavy atom. The maximum absolute atomic E-state index is 12.5. The highest BCUT2D eigenvalue weighted by molar-refractivity contribution is 5.96. The molecule has 0 bridgehead atoms. The first-order chi connectivity index (χ1) is 9.06. The van der Waals surface area contributed by atoms with E-state index in [-0.39, 0.29) is 12.0 Å². The lowest BCUT2D eigenvalue weighted by molar-refractivity contribution is 0.00148. The van der Waals surface area contributed by atoms with Gasteiger partial charge in [-0.15, -0.1) is 0 Å². The van der Waals surface area contributed by atoms with E-state index in [1.807, 2.05) is 11.8 Å². The second-order valence-corrected chi connectivity index (χ2v) is 5.72. The molecule has 0 aliphatic carbocycles. The average molecular weight is 264 g/mol. The van der Waals surface area contributed by atoms with Gasteiger partial charge in [-0.3, -0.25) is 4.79 Å². The Bertz CT molecular complexity index is 477. The number of piperidine rings is 1. The molecular weight excluding hydrogens is 244 g/mol. The second-order valence-electron chi connectivity index (χ2n) is 5.72. The number of hydrogen-bond donors (Lipinski definition) is 0. The Hall–Kier alpha value is -1.36. The van der Waals surface area contributed by atoms with Crippen molar-refractivity contribution >= 4 is 5.91 Å². The molecule has 2 saturated heterocycles. The van der Waals surface area contributed by atoms with E-state index in [1.165, 1.54) is 0 Å². The Kier molecular flexibility index (Phi) is 3.09. The number of amides is 1. The molecule has 2 fully saturated rings. The highest BCUT2D eigenvalue weighted by atomic mass is 16.5. The zero-order valence-electron chi connectivity index (χ0n) is 11.7. The minimum atomic E-state index is 0.0258. The van der Waals surface area contributed by atoms with Gasteiger partial charge in [0, 0.05) is 13.1 Å². The van der Waals surface area contributed by atoms with Crippen molar-refractivity contribution in [3.63, 3.8) is 0 Å². The fourth-order valence-corrected chi connectivity index (χ4v) is 3.30. The summed E-state index contributed by atoms with van der Waals surface area (Å²) in [6.45, 7) is 7.20. The van der Waals surface area contributed by atoms with Crippen molar-refractivity contribution in [2.24, 2.45) is 5.92 Å². The zero-order chi connectivity index (χ0) is 13.6. The van der Waals surface area contributed by atoms with Crippen LogP contribution in [-0.2, 0) is 4.74 Å². The minimum Gasteiger partial charge on any atom is -0.373 e. The molecule has 1 aromatic heterocycles. The molecule has 0 radical (unpaired) electrons. The van der Waals surface area contributed by atoms with Crippen molar-refractivity contribution in [3.8, 4) is 0 Å². The Morgan fingerprint density at radius 1 is 1.42 bits per heavy atom. The molecular formula is C14H20N2O3. The molecule has 3 atom stereocenters. The number of nitrogens with zero attached hydrogens (tertiary/aromatic N) is 2. The molecule has 3 heterocycles. The number of carbonyl (C=O) groups excluding carboxylic acids is 1. The molecule has 0 saturated carbocycles. The topological polar surface area (TPSA) is 55.6 Å². The summed E-state index contributed by atoms with van der Waals surface area (Å²) in [5.41, 5.74) is 1.29. The summed E-state index contributed by atoms with van der Waals surface area (Å²) in [7, 11) is 0. The summed E-state index contributed by atoms with van der Waals surface area (Å²) >= 11 is 0. The Labute approximate surface area is 112 Å². The monoisotopic (exact) mass is 264 g/mol. The Balaban J connectivity index is 1.75. The third-order valence-electron chi connectivity index (χ3n) is 4.27. The van der Waals surface area contributed by atoms with Gasteiger partial charge in [-0.1, -0.05) is 5.16 Å². The van der Waals surface area contributed by atoms with Crippen LogP contribution < -0.4 is 0 Å². The van der Waals surface area contributed by atoms with Gasteiger partial charge in [0.05, 0.1) is 17.9 Å². The third-order valence-corrected chi connectivity index (χ3v) is 4.27. The molecule has 2 aliphatic rings. The first-order valence-electron chi connectivity index (χ1n) is 6.94. The molecule has 0 N–H and O–H groups in total. The van der Waals surface area contributed by atoms with Crippen LogP contribution in [0, 0.1) is 19.8 Å². The van der Waals surface area contributed by atoms with Gasteiger partial charge in [-0.2, -0.15) is 0 Å². The van der Waals surface area contributed by atoms with E-state index in [1.54, 1.807) is 6.92 Å². The highest BCUT2D eigenvalue weighted by Gasteiger charge is 2.39. The maximum Gasteiger partial charge on any atom is 0.259 e. The maximum atomic E-state index is 12.5. The lowest BCUT2D eigenvalue weighted by Crippen LogP contribution is -2.45. The molecule has 5 heteroatoms. The number of likely N-dealkylation sites (tertiary alicyclic amines) is 1. The highest BCUT2D eigenvalue weighted by Crippen LogP contribution is 2.33. The van der Waals surface area contributed by atoms with E-state index in [4.69, 9.17) is 9.26 Å². The molecule has 1 amide bonds. The quantitative estimate of drug-likeness (QED) is 0.777. The number of rotatable bonds is 1. The standard InChI is InChI=1S/C14H20N2O3/c1-8-6-11-4-5-16(7-12(11)18-8)14(17)13-9(2)15-19-10(13)3/h8,11-12H,4-7H2,1-3H3/t8-,11-,12+/m0/s1. The fourth-order valence-electron chi connectivity index (χ4n) is 3.30. The number of fused-ring (bicyclic) bond motifs is 1. The molecule has 5 nitrogen and oxygen atoms in total. The van der Waals surface area contributed by atoms with Crippen LogP contribution in [0.4, 0.5) is 0 Å².